The third-order valence-corrected chi connectivity index (χ3v) is 2.54. The van der Waals surface area contributed by atoms with Crippen molar-refractivity contribution in [2.45, 2.75) is 19.9 Å². The van der Waals surface area contributed by atoms with Crippen molar-refractivity contribution < 1.29 is 19.4 Å². The fourth-order valence-corrected chi connectivity index (χ4v) is 1.59. The Bertz CT molecular complexity index is 395. The number of rotatable bonds is 9. The molecule has 1 rings (SSSR count). The molecule has 1 unspecified atom stereocenters. The molecule has 19 heavy (non-hydrogen) atoms. The van der Waals surface area contributed by atoms with Gasteiger partial charge < -0.3 is 19.9 Å². The van der Waals surface area contributed by atoms with Crippen LogP contribution in [0.1, 0.15) is 24.2 Å². The second-order valence-corrected chi connectivity index (χ2v) is 4.16. The third-order valence-electron chi connectivity index (χ3n) is 2.54. The predicted octanol–water partition coefficient (Wildman–Crippen LogP) is 1.78. The van der Waals surface area contributed by atoms with Crippen molar-refractivity contribution in [1.82, 2.24) is 5.32 Å². The normalized spacial score (nSPS) is 12.1. The van der Waals surface area contributed by atoms with E-state index in [0.29, 0.717) is 32.1 Å². The van der Waals surface area contributed by atoms with Crippen LogP contribution in [0.15, 0.2) is 24.3 Å². The second kappa shape index (κ2) is 8.50. The summed E-state index contributed by atoms with van der Waals surface area (Å²) in [6.07, 6.45) is 0. The number of benzene rings is 1. The molecule has 1 atom stereocenters. The first kappa shape index (κ1) is 15.5. The van der Waals surface area contributed by atoms with E-state index in [0.717, 1.165) is 0 Å². The maximum absolute atomic E-state index is 11.0. The number of carbonyl (C=O) groups is 1. The van der Waals surface area contributed by atoms with Crippen LogP contribution in [0.3, 0.4) is 0 Å². The molecular weight excluding hydrogens is 246 g/mol. The van der Waals surface area contributed by atoms with E-state index in [2.05, 4.69) is 5.32 Å². The monoisotopic (exact) mass is 267 g/mol. The van der Waals surface area contributed by atoms with Crippen LogP contribution in [0.4, 0.5) is 0 Å². The smallest absolute Gasteiger partial charge is 0.339 e. The highest BCUT2D eigenvalue weighted by Gasteiger charge is 2.09. The van der Waals surface area contributed by atoms with E-state index in [1.807, 2.05) is 13.8 Å². The Hall–Kier alpha value is -1.59. The third kappa shape index (κ3) is 5.72. The summed E-state index contributed by atoms with van der Waals surface area (Å²) < 4.78 is 10.7. The number of hydrogen-bond donors (Lipinski definition) is 2. The predicted molar refractivity (Wildman–Crippen MR) is 72.9 cm³/mol. The second-order valence-electron chi connectivity index (χ2n) is 4.16. The van der Waals surface area contributed by atoms with Crippen LogP contribution in [0.5, 0.6) is 5.75 Å². The molecule has 1 aromatic rings. The van der Waals surface area contributed by atoms with Gasteiger partial charge in [0.25, 0.3) is 0 Å². The average Bonchev–Trinajstić information content (AvgIpc) is 2.41. The fraction of sp³-hybridized carbons (Fsp3) is 0.500. The first-order chi connectivity index (χ1) is 9.15. The van der Waals surface area contributed by atoms with E-state index in [1.54, 1.807) is 18.2 Å². The lowest BCUT2D eigenvalue weighted by Gasteiger charge is -2.14. The number of nitrogens with one attached hydrogen (secondary N) is 1. The zero-order valence-corrected chi connectivity index (χ0v) is 11.4. The van der Waals surface area contributed by atoms with Gasteiger partial charge >= 0.3 is 5.97 Å². The summed E-state index contributed by atoms with van der Waals surface area (Å²) in [5, 5.41) is 12.2. The van der Waals surface area contributed by atoms with Gasteiger partial charge in [-0.1, -0.05) is 12.1 Å². The van der Waals surface area contributed by atoms with Crippen LogP contribution in [-0.4, -0.2) is 43.5 Å². The Morgan fingerprint density at radius 2 is 2.16 bits per heavy atom. The average molecular weight is 267 g/mol. The van der Waals surface area contributed by atoms with Gasteiger partial charge in [-0.25, -0.2) is 4.79 Å². The molecule has 0 heterocycles. The van der Waals surface area contributed by atoms with E-state index in [9.17, 15) is 4.79 Å². The minimum atomic E-state index is -0.978. The summed E-state index contributed by atoms with van der Waals surface area (Å²) in [6, 6.07) is 6.87. The van der Waals surface area contributed by atoms with E-state index in [1.165, 1.54) is 6.07 Å². The van der Waals surface area contributed by atoms with Crippen LogP contribution < -0.4 is 10.1 Å². The minimum absolute atomic E-state index is 0.185. The molecule has 0 bridgehead atoms. The molecular formula is C14H21NO4. The molecule has 0 saturated carbocycles. The van der Waals surface area contributed by atoms with Crippen LogP contribution >= 0.6 is 0 Å². The molecule has 0 aliphatic carbocycles. The van der Waals surface area contributed by atoms with Crippen molar-refractivity contribution >= 4 is 5.97 Å². The minimum Gasteiger partial charge on any atom is -0.491 e. The molecule has 0 fully saturated rings. The number of carboxylic acid groups (broad SMARTS) is 1. The zero-order chi connectivity index (χ0) is 14.1. The van der Waals surface area contributed by atoms with Crippen LogP contribution in [0.2, 0.25) is 0 Å². The van der Waals surface area contributed by atoms with E-state index in [-0.39, 0.29) is 11.6 Å². The number of para-hydroxylation sites is 1. The molecule has 1 aromatic carbocycles. The summed E-state index contributed by atoms with van der Waals surface area (Å²) in [5.41, 5.74) is 0.185. The Kier molecular flexibility index (Phi) is 6.92. The van der Waals surface area contributed by atoms with Crippen molar-refractivity contribution in [3.63, 3.8) is 0 Å². The largest absolute Gasteiger partial charge is 0.491 e. The lowest BCUT2D eigenvalue weighted by Crippen LogP contribution is -2.33. The van der Waals surface area contributed by atoms with Crippen LogP contribution in [0, 0.1) is 0 Å². The Morgan fingerprint density at radius 3 is 2.84 bits per heavy atom. The van der Waals surface area contributed by atoms with Gasteiger partial charge in [0.1, 0.15) is 17.9 Å². The highest BCUT2D eigenvalue weighted by Crippen LogP contribution is 2.17. The highest BCUT2D eigenvalue weighted by atomic mass is 16.5. The molecule has 106 valence electrons. The van der Waals surface area contributed by atoms with Crippen molar-refractivity contribution in [2.75, 3.05) is 26.4 Å². The number of ether oxygens (including phenoxy) is 2. The lowest BCUT2D eigenvalue weighted by molar-refractivity contribution is 0.0692. The van der Waals surface area contributed by atoms with E-state index in [4.69, 9.17) is 14.6 Å². The summed E-state index contributed by atoms with van der Waals surface area (Å²) in [6.45, 7) is 6.40. The van der Waals surface area contributed by atoms with Crippen molar-refractivity contribution in [3.05, 3.63) is 29.8 Å². The SMILES string of the molecule is CCOCC(C)NCCOc1ccccc1C(=O)O. The number of carboxylic acids is 1. The molecule has 0 aromatic heterocycles. The van der Waals surface area contributed by atoms with Gasteiger partial charge in [0.2, 0.25) is 0 Å². The van der Waals surface area contributed by atoms with Gasteiger partial charge in [0, 0.05) is 19.2 Å². The van der Waals surface area contributed by atoms with Gasteiger partial charge in [0.15, 0.2) is 0 Å². The molecule has 0 saturated heterocycles. The van der Waals surface area contributed by atoms with Gasteiger partial charge in [-0.3, -0.25) is 0 Å². The summed E-state index contributed by atoms with van der Waals surface area (Å²) in [4.78, 5) is 11.0. The molecule has 0 aliphatic heterocycles. The van der Waals surface area contributed by atoms with E-state index < -0.39 is 5.97 Å². The molecule has 0 aliphatic rings. The highest BCUT2D eigenvalue weighted by molar-refractivity contribution is 5.90. The zero-order valence-electron chi connectivity index (χ0n) is 11.4. The quantitative estimate of drug-likeness (QED) is 0.667. The number of hydrogen-bond acceptors (Lipinski definition) is 4. The number of aromatic carboxylic acids is 1. The van der Waals surface area contributed by atoms with Gasteiger partial charge in [-0.15, -0.1) is 0 Å². The maximum atomic E-state index is 11.0. The van der Waals surface area contributed by atoms with Gasteiger partial charge in [0.05, 0.1) is 6.61 Å². The van der Waals surface area contributed by atoms with Gasteiger partial charge in [-0.2, -0.15) is 0 Å². The fourth-order valence-electron chi connectivity index (χ4n) is 1.59. The first-order valence-corrected chi connectivity index (χ1v) is 6.41. The Balaban J connectivity index is 2.31. The van der Waals surface area contributed by atoms with E-state index >= 15 is 0 Å². The standard InChI is InChI=1S/C14H21NO4/c1-3-18-10-11(2)15-8-9-19-13-7-5-4-6-12(13)14(16)17/h4-7,11,15H,3,8-10H2,1-2H3,(H,16,17). The summed E-state index contributed by atoms with van der Waals surface area (Å²) in [5.74, 6) is -0.581. The van der Waals surface area contributed by atoms with Crippen LogP contribution in [-0.2, 0) is 4.74 Å². The molecule has 5 nitrogen and oxygen atoms in total. The lowest BCUT2D eigenvalue weighted by atomic mass is 10.2. The topological polar surface area (TPSA) is 67.8 Å². The first-order valence-electron chi connectivity index (χ1n) is 6.41. The summed E-state index contributed by atoms with van der Waals surface area (Å²) in [7, 11) is 0. The Morgan fingerprint density at radius 1 is 1.42 bits per heavy atom. The summed E-state index contributed by atoms with van der Waals surface area (Å²) >= 11 is 0. The van der Waals surface area contributed by atoms with Crippen molar-refractivity contribution in [3.8, 4) is 5.75 Å². The maximum Gasteiger partial charge on any atom is 0.339 e. The molecule has 0 amide bonds. The van der Waals surface area contributed by atoms with Crippen molar-refractivity contribution in [2.24, 2.45) is 0 Å². The van der Waals surface area contributed by atoms with Gasteiger partial charge in [-0.05, 0) is 26.0 Å². The molecule has 0 radical (unpaired) electrons. The van der Waals surface area contributed by atoms with Crippen LogP contribution in [0.25, 0.3) is 0 Å². The molecule has 2 N–H and O–H groups in total. The molecule has 5 heteroatoms. The van der Waals surface area contributed by atoms with Crippen molar-refractivity contribution in [1.29, 1.82) is 0 Å². The Labute approximate surface area is 113 Å². The molecule has 0 spiro atoms.